The van der Waals surface area contributed by atoms with Gasteiger partial charge < -0.3 is 14.6 Å². The first-order chi connectivity index (χ1) is 14.1. The molecule has 0 saturated carbocycles. The van der Waals surface area contributed by atoms with Gasteiger partial charge in [-0.05, 0) is 48.2 Å². The quantitative estimate of drug-likeness (QED) is 0.512. The first-order valence-electron chi connectivity index (χ1n) is 8.72. The summed E-state index contributed by atoms with van der Waals surface area (Å²) in [7, 11) is 3.24. The molecule has 0 aliphatic heterocycles. The number of anilines is 1. The Hall–Kier alpha value is -3.20. The lowest BCUT2D eigenvalue weighted by molar-refractivity contribution is -0.137. The summed E-state index contributed by atoms with van der Waals surface area (Å²) >= 11 is 0.957. The van der Waals surface area contributed by atoms with Gasteiger partial charge in [0, 0.05) is 24.6 Å². The second kappa shape index (κ2) is 8.66. The van der Waals surface area contributed by atoms with Crippen LogP contribution in [0.5, 0.6) is 0 Å². The second-order valence-corrected chi connectivity index (χ2v) is 7.45. The van der Waals surface area contributed by atoms with E-state index in [0.717, 1.165) is 23.9 Å². The molecule has 1 aromatic heterocycles. The number of nitrogens with one attached hydrogen (secondary N) is 1. The number of carbonyl (C=O) groups is 2. The molecule has 3 aromatic rings. The monoisotopic (exact) mass is 434 g/mol. The van der Waals surface area contributed by atoms with Gasteiger partial charge in [0.15, 0.2) is 5.76 Å². The van der Waals surface area contributed by atoms with E-state index >= 15 is 0 Å². The summed E-state index contributed by atoms with van der Waals surface area (Å²) in [5, 5.41) is 2.46. The van der Waals surface area contributed by atoms with Gasteiger partial charge in [0.1, 0.15) is 5.76 Å². The van der Waals surface area contributed by atoms with Crippen LogP contribution in [0, 0.1) is 0 Å². The lowest BCUT2D eigenvalue weighted by Gasteiger charge is -2.12. The number of rotatable bonds is 4. The number of hydrogen-bond donors (Lipinski definition) is 1. The molecule has 156 valence electrons. The van der Waals surface area contributed by atoms with Crippen molar-refractivity contribution in [3.05, 3.63) is 72.0 Å². The molecule has 0 atom stereocenters. The normalized spacial score (nSPS) is 11.2. The van der Waals surface area contributed by atoms with E-state index in [9.17, 15) is 22.8 Å². The Morgan fingerprint density at radius 2 is 1.73 bits per heavy atom. The molecule has 0 aliphatic carbocycles. The van der Waals surface area contributed by atoms with Crippen LogP contribution < -0.4 is 5.32 Å². The van der Waals surface area contributed by atoms with Crippen molar-refractivity contribution in [1.29, 1.82) is 0 Å². The summed E-state index contributed by atoms with van der Waals surface area (Å²) in [6.45, 7) is 0. The highest BCUT2D eigenvalue weighted by Gasteiger charge is 2.30. The van der Waals surface area contributed by atoms with E-state index in [1.54, 1.807) is 38.4 Å². The maximum Gasteiger partial charge on any atom is 0.416 e. The van der Waals surface area contributed by atoms with Crippen LogP contribution in [-0.4, -0.2) is 30.1 Å². The number of carbonyl (C=O) groups excluding carboxylic acids is 2. The summed E-state index contributed by atoms with van der Waals surface area (Å²) < 4.78 is 44.2. The van der Waals surface area contributed by atoms with E-state index in [4.69, 9.17) is 4.42 Å². The van der Waals surface area contributed by atoms with Crippen molar-refractivity contribution in [1.82, 2.24) is 4.90 Å². The Bertz CT molecular complexity index is 1080. The number of para-hydroxylation sites is 1. The van der Waals surface area contributed by atoms with Gasteiger partial charge >= 0.3 is 6.18 Å². The van der Waals surface area contributed by atoms with E-state index in [1.165, 1.54) is 29.2 Å². The minimum atomic E-state index is -4.48. The number of amides is 2. The lowest BCUT2D eigenvalue weighted by Crippen LogP contribution is -2.17. The lowest BCUT2D eigenvalue weighted by atomic mass is 10.1. The van der Waals surface area contributed by atoms with Crippen molar-refractivity contribution < 1.29 is 27.2 Å². The largest absolute Gasteiger partial charge is 0.451 e. The maximum absolute atomic E-state index is 12.9. The molecule has 5 nitrogen and oxygen atoms in total. The molecular formula is C21H17F3N2O3S. The smallest absolute Gasteiger partial charge is 0.416 e. The van der Waals surface area contributed by atoms with Gasteiger partial charge in [0.25, 0.3) is 11.1 Å². The summed E-state index contributed by atoms with van der Waals surface area (Å²) in [5.41, 5.74) is -0.185. The number of alkyl halides is 3. The van der Waals surface area contributed by atoms with Crippen LogP contribution in [0.3, 0.4) is 0 Å². The first-order valence-corrected chi connectivity index (χ1v) is 9.54. The SMILES string of the molecule is CN(C)C(=O)Sc1ccccc1NC(=O)c1ccc(-c2cccc(C(F)(F)F)c2)o1. The minimum Gasteiger partial charge on any atom is -0.451 e. The standard InChI is InChI=1S/C21H17F3N2O3S/c1-26(2)20(28)30-18-9-4-3-8-15(18)25-19(27)17-11-10-16(29-17)13-6-5-7-14(12-13)21(22,23)24/h3-12H,1-2H3,(H,25,27). The van der Waals surface area contributed by atoms with E-state index in [2.05, 4.69) is 5.32 Å². The van der Waals surface area contributed by atoms with Gasteiger partial charge in [-0.2, -0.15) is 13.2 Å². The van der Waals surface area contributed by atoms with Gasteiger partial charge in [-0.3, -0.25) is 9.59 Å². The van der Waals surface area contributed by atoms with Crippen LogP contribution in [-0.2, 0) is 6.18 Å². The van der Waals surface area contributed by atoms with Crippen LogP contribution >= 0.6 is 11.8 Å². The molecule has 0 bridgehead atoms. The molecule has 2 amide bonds. The molecule has 3 rings (SSSR count). The third-order valence-electron chi connectivity index (χ3n) is 4.00. The fourth-order valence-electron chi connectivity index (χ4n) is 2.49. The molecule has 0 unspecified atom stereocenters. The molecule has 0 radical (unpaired) electrons. The predicted molar refractivity (Wildman–Crippen MR) is 108 cm³/mol. The Labute approximate surface area is 174 Å². The summed E-state index contributed by atoms with van der Waals surface area (Å²) in [6.07, 6.45) is -4.48. The van der Waals surface area contributed by atoms with Crippen LogP contribution in [0.1, 0.15) is 16.1 Å². The number of thioether (sulfide) groups is 1. The van der Waals surface area contributed by atoms with Crippen molar-refractivity contribution >= 4 is 28.6 Å². The average Bonchev–Trinajstić information content (AvgIpc) is 3.19. The van der Waals surface area contributed by atoms with E-state index < -0.39 is 17.6 Å². The zero-order valence-corrected chi connectivity index (χ0v) is 16.8. The number of halogens is 3. The summed E-state index contributed by atoms with van der Waals surface area (Å²) in [6, 6.07) is 14.2. The van der Waals surface area contributed by atoms with Gasteiger partial charge in [0.2, 0.25) is 0 Å². The molecular weight excluding hydrogens is 417 g/mol. The highest BCUT2D eigenvalue weighted by Crippen LogP contribution is 2.33. The van der Waals surface area contributed by atoms with Gasteiger partial charge in [-0.25, -0.2) is 0 Å². The minimum absolute atomic E-state index is 0.0684. The third kappa shape index (κ3) is 5.04. The molecule has 30 heavy (non-hydrogen) atoms. The highest BCUT2D eigenvalue weighted by atomic mass is 32.2. The number of benzene rings is 2. The Morgan fingerprint density at radius 1 is 1.00 bits per heavy atom. The van der Waals surface area contributed by atoms with Crippen LogP contribution in [0.15, 0.2) is 70.0 Å². The van der Waals surface area contributed by atoms with Crippen LogP contribution in [0.4, 0.5) is 23.7 Å². The van der Waals surface area contributed by atoms with Crippen molar-refractivity contribution in [2.24, 2.45) is 0 Å². The van der Waals surface area contributed by atoms with Crippen molar-refractivity contribution in [2.45, 2.75) is 11.1 Å². The van der Waals surface area contributed by atoms with Crippen molar-refractivity contribution in [3.8, 4) is 11.3 Å². The van der Waals surface area contributed by atoms with E-state index in [1.807, 2.05) is 0 Å². The molecule has 0 aliphatic rings. The second-order valence-electron chi connectivity index (χ2n) is 6.46. The molecule has 9 heteroatoms. The molecule has 1 heterocycles. The van der Waals surface area contributed by atoms with Gasteiger partial charge in [-0.1, -0.05) is 24.3 Å². The molecule has 0 saturated heterocycles. The number of furan rings is 1. The van der Waals surface area contributed by atoms with Gasteiger partial charge in [-0.15, -0.1) is 0 Å². The maximum atomic E-state index is 12.9. The Kier molecular flexibility index (Phi) is 6.21. The molecule has 0 spiro atoms. The zero-order chi connectivity index (χ0) is 21.9. The fraction of sp³-hybridized carbons (Fsp3) is 0.143. The summed E-state index contributed by atoms with van der Waals surface area (Å²) in [5.74, 6) is -0.517. The number of hydrogen-bond acceptors (Lipinski definition) is 4. The van der Waals surface area contributed by atoms with Crippen LogP contribution in [0.25, 0.3) is 11.3 Å². The van der Waals surface area contributed by atoms with Gasteiger partial charge in [0.05, 0.1) is 11.3 Å². The number of nitrogens with zero attached hydrogens (tertiary/aromatic N) is 1. The molecule has 0 fully saturated rings. The summed E-state index contributed by atoms with van der Waals surface area (Å²) in [4.78, 5) is 26.5. The van der Waals surface area contributed by atoms with Crippen LogP contribution in [0.2, 0.25) is 0 Å². The fourth-order valence-corrected chi connectivity index (χ4v) is 3.24. The Morgan fingerprint density at radius 3 is 2.43 bits per heavy atom. The van der Waals surface area contributed by atoms with Crippen molar-refractivity contribution in [2.75, 3.05) is 19.4 Å². The van der Waals surface area contributed by atoms with Crippen molar-refractivity contribution in [3.63, 3.8) is 0 Å². The Balaban J connectivity index is 1.79. The third-order valence-corrected chi connectivity index (χ3v) is 5.12. The molecule has 2 aromatic carbocycles. The van der Waals surface area contributed by atoms with E-state index in [0.29, 0.717) is 10.6 Å². The highest BCUT2D eigenvalue weighted by molar-refractivity contribution is 8.13. The zero-order valence-electron chi connectivity index (χ0n) is 16.0. The first kappa shape index (κ1) is 21.5. The predicted octanol–water partition coefficient (Wildman–Crippen LogP) is 5.99. The topological polar surface area (TPSA) is 62.6 Å². The van der Waals surface area contributed by atoms with E-state index in [-0.39, 0.29) is 22.3 Å². The average molecular weight is 434 g/mol. The molecule has 1 N–H and O–H groups in total.